The van der Waals surface area contributed by atoms with Crippen molar-refractivity contribution in [3.05, 3.63) is 47.8 Å². The standard InChI is InChI=1S/C22H30N4O3S/c1-22(10-13-25(14-11-22)16-17-7-4-3-5-8-17)21(27)26-12-6-9-18(26)20-19(15-23-24-20)30(2,28)29/h3-5,7-8,15,18H,6,9-14,16H2,1-2H3,(H,23,24)/t18-/m0/s1. The number of sulfone groups is 1. The van der Waals surface area contributed by atoms with Crippen LogP contribution in [0.25, 0.3) is 0 Å². The van der Waals surface area contributed by atoms with Gasteiger partial charge >= 0.3 is 0 Å². The highest BCUT2D eigenvalue weighted by Gasteiger charge is 2.44. The highest BCUT2D eigenvalue weighted by atomic mass is 32.2. The quantitative estimate of drug-likeness (QED) is 0.788. The molecule has 8 heteroatoms. The number of amides is 1. The fourth-order valence-electron chi connectivity index (χ4n) is 4.74. The second kappa shape index (κ2) is 8.15. The molecule has 0 saturated carbocycles. The van der Waals surface area contributed by atoms with Crippen molar-refractivity contribution in [1.29, 1.82) is 0 Å². The van der Waals surface area contributed by atoms with Gasteiger partial charge in [-0.15, -0.1) is 0 Å². The minimum atomic E-state index is -3.39. The first-order chi connectivity index (χ1) is 14.3. The molecule has 1 aromatic carbocycles. The summed E-state index contributed by atoms with van der Waals surface area (Å²) in [6, 6.07) is 10.2. The van der Waals surface area contributed by atoms with Gasteiger partial charge in [-0.3, -0.25) is 14.8 Å². The fraction of sp³-hybridized carbons (Fsp3) is 0.545. The van der Waals surface area contributed by atoms with Crippen molar-refractivity contribution in [1.82, 2.24) is 20.0 Å². The Morgan fingerprint density at radius 1 is 1.20 bits per heavy atom. The van der Waals surface area contributed by atoms with Crippen LogP contribution in [0.2, 0.25) is 0 Å². The first-order valence-corrected chi connectivity index (χ1v) is 12.5. The van der Waals surface area contributed by atoms with Gasteiger partial charge in [-0.1, -0.05) is 37.3 Å². The summed E-state index contributed by atoms with van der Waals surface area (Å²) in [6.45, 7) is 5.40. The zero-order valence-electron chi connectivity index (χ0n) is 17.7. The number of rotatable bonds is 5. The van der Waals surface area contributed by atoms with Gasteiger partial charge in [0, 0.05) is 24.8 Å². The Morgan fingerprint density at radius 2 is 1.90 bits per heavy atom. The summed E-state index contributed by atoms with van der Waals surface area (Å²) in [7, 11) is -3.39. The molecule has 0 unspecified atom stereocenters. The molecule has 4 rings (SSSR count). The Morgan fingerprint density at radius 3 is 2.57 bits per heavy atom. The smallest absolute Gasteiger partial charge is 0.229 e. The zero-order chi connectivity index (χ0) is 21.4. The van der Waals surface area contributed by atoms with E-state index in [1.54, 1.807) is 0 Å². The van der Waals surface area contributed by atoms with E-state index in [1.165, 1.54) is 18.0 Å². The number of hydrogen-bond donors (Lipinski definition) is 1. The van der Waals surface area contributed by atoms with E-state index in [4.69, 9.17) is 0 Å². The molecule has 0 bridgehead atoms. The lowest BCUT2D eigenvalue weighted by atomic mass is 9.78. The van der Waals surface area contributed by atoms with Crippen LogP contribution in [-0.2, 0) is 21.2 Å². The number of nitrogens with zero attached hydrogens (tertiary/aromatic N) is 3. The molecule has 162 valence electrons. The molecular formula is C22H30N4O3S. The van der Waals surface area contributed by atoms with E-state index in [-0.39, 0.29) is 16.8 Å². The number of piperidine rings is 1. The molecule has 0 radical (unpaired) electrons. The van der Waals surface area contributed by atoms with Gasteiger partial charge in [0.05, 0.1) is 17.9 Å². The number of aromatic amines is 1. The van der Waals surface area contributed by atoms with Crippen molar-refractivity contribution in [3.63, 3.8) is 0 Å². The predicted molar refractivity (Wildman–Crippen MR) is 114 cm³/mol. The van der Waals surface area contributed by atoms with E-state index < -0.39 is 15.3 Å². The van der Waals surface area contributed by atoms with Gasteiger partial charge in [0.25, 0.3) is 0 Å². The van der Waals surface area contributed by atoms with Crippen LogP contribution in [0.15, 0.2) is 41.4 Å². The number of carbonyl (C=O) groups is 1. The zero-order valence-corrected chi connectivity index (χ0v) is 18.5. The number of likely N-dealkylation sites (tertiary alicyclic amines) is 2. The Hall–Kier alpha value is -2.19. The lowest BCUT2D eigenvalue weighted by Crippen LogP contribution is -2.48. The molecular weight excluding hydrogens is 400 g/mol. The SMILES string of the molecule is CC1(C(=O)N2CCC[C@H]2c2[nH]ncc2S(C)(=O)=O)CCN(Cc2ccccc2)CC1. The van der Waals surface area contributed by atoms with E-state index in [0.29, 0.717) is 12.2 Å². The number of hydrogen-bond acceptors (Lipinski definition) is 5. The second-order valence-electron chi connectivity index (χ2n) is 8.90. The summed E-state index contributed by atoms with van der Waals surface area (Å²) in [6.07, 6.45) is 5.79. The van der Waals surface area contributed by atoms with Gasteiger partial charge in [-0.25, -0.2) is 8.42 Å². The van der Waals surface area contributed by atoms with Crippen molar-refractivity contribution in [2.24, 2.45) is 5.41 Å². The Balaban J connectivity index is 1.45. The first kappa shape index (κ1) is 21.1. The summed E-state index contributed by atoms with van der Waals surface area (Å²) in [5, 5.41) is 6.82. The van der Waals surface area contributed by atoms with Crippen LogP contribution in [0.4, 0.5) is 0 Å². The normalized spacial score (nSPS) is 22.3. The number of nitrogens with one attached hydrogen (secondary N) is 1. The fourth-order valence-corrected chi connectivity index (χ4v) is 5.56. The van der Waals surface area contributed by atoms with E-state index in [1.807, 2.05) is 11.0 Å². The highest BCUT2D eigenvalue weighted by molar-refractivity contribution is 7.90. The highest BCUT2D eigenvalue weighted by Crippen LogP contribution is 2.40. The first-order valence-electron chi connectivity index (χ1n) is 10.6. The number of benzene rings is 1. The average molecular weight is 431 g/mol. The van der Waals surface area contributed by atoms with Crippen molar-refractivity contribution in [2.45, 2.75) is 50.1 Å². The molecule has 7 nitrogen and oxygen atoms in total. The molecule has 2 aromatic rings. The van der Waals surface area contributed by atoms with Gasteiger partial charge in [-0.2, -0.15) is 5.10 Å². The molecule has 2 aliphatic heterocycles. The molecule has 0 aliphatic carbocycles. The summed E-state index contributed by atoms with van der Waals surface area (Å²) >= 11 is 0. The molecule has 1 aromatic heterocycles. The van der Waals surface area contributed by atoms with Crippen molar-refractivity contribution < 1.29 is 13.2 Å². The summed E-state index contributed by atoms with van der Waals surface area (Å²) in [5.74, 6) is 0.137. The molecule has 2 saturated heterocycles. The summed E-state index contributed by atoms with van der Waals surface area (Å²) in [4.78, 5) is 18.1. The third-order valence-electron chi connectivity index (χ3n) is 6.60. The molecule has 2 aliphatic rings. The van der Waals surface area contributed by atoms with Gasteiger partial charge in [0.1, 0.15) is 4.90 Å². The molecule has 3 heterocycles. The second-order valence-corrected chi connectivity index (χ2v) is 10.9. The third-order valence-corrected chi connectivity index (χ3v) is 7.73. The van der Waals surface area contributed by atoms with E-state index in [9.17, 15) is 13.2 Å². The van der Waals surface area contributed by atoms with Gasteiger partial charge in [-0.05, 0) is 44.3 Å². The summed E-state index contributed by atoms with van der Waals surface area (Å²) < 4.78 is 24.3. The third kappa shape index (κ3) is 4.16. The van der Waals surface area contributed by atoms with Crippen LogP contribution in [0.3, 0.4) is 0 Å². The number of carbonyl (C=O) groups excluding carboxylic acids is 1. The average Bonchev–Trinajstić information content (AvgIpc) is 3.39. The largest absolute Gasteiger partial charge is 0.334 e. The monoisotopic (exact) mass is 430 g/mol. The number of aromatic nitrogens is 2. The van der Waals surface area contributed by atoms with Crippen molar-refractivity contribution >= 4 is 15.7 Å². The Labute approximate surface area is 178 Å². The predicted octanol–water partition coefficient (Wildman–Crippen LogP) is 2.78. The lowest BCUT2D eigenvalue weighted by Gasteiger charge is -2.41. The maximum Gasteiger partial charge on any atom is 0.229 e. The van der Waals surface area contributed by atoms with Crippen LogP contribution in [0.1, 0.15) is 49.9 Å². The maximum absolute atomic E-state index is 13.6. The van der Waals surface area contributed by atoms with Crippen molar-refractivity contribution in [3.8, 4) is 0 Å². The van der Waals surface area contributed by atoms with Crippen LogP contribution < -0.4 is 0 Å². The minimum Gasteiger partial charge on any atom is -0.334 e. The lowest BCUT2D eigenvalue weighted by molar-refractivity contribution is -0.145. The molecule has 1 atom stereocenters. The van der Waals surface area contributed by atoms with Crippen molar-refractivity contribution in [2.75, 3.05) is 25.9 Å². The van der Waals surface area contributed by atoms with E-state index in [0.717, 1.165) is 45.3 Å². The molecule has 1 amide bonds. The van der Waals surface area contributed by atoms with Crippen LogP contribution in [0.5, 0.6) is 0 Å². The van der Waals surface area contributed by atoms with E-state index in [2.05, 4.69) is 46.3 Å². The van der Waals surface area contributed by atoms with Crippen LogP contribution in [0, 0.1) is 5.41 Å². The molecule has 2 fully saturated rings. The topological polar surface area (TPSA) is 86.4 Å². The van der Waals surface area contributed by atoms with E-state index >= 15 is 0 Å². The number of H-pyrrole nitrogens is 1. The van der Waals surface area contributed by atoms with Gasteiger partial charge < -0.3 is 4.90 Å². The maximum atomic E-state index is 13.6. The van der Waals surface area contributed by atoms with Gasteiger partial charge in [0.15, 0.2) is 9.84 Å². The minimum absolute atomic E-state index is 0.137. The Bertz CT molecular complexity index is 994. The molecule has 30 heavy (non-hydrogen) atoms. The van der Waals surface area contributed by atoms with Crippen LogP contribution in [-0.4, -0.2) is 60.2 Å². The molecule has 0 spiro atoms. The Kier molecular flexibility index (Phi) is 5.72. The summed E-state index contributed by atoms with van der Waals surface area (Å²) in [5.41, 5.74) is 1.43. The molecule has 1 N–H and O–H groups in total. The van der Waals surface area contributed by atoms with Gasteiger partial charge in [0.2, 0.25) is 5.91 Å². The van der Waals surface area contributed by atoms with Crippen LogP contribution >= 0.6 is 0 Å².